The van der Waals surface area contributed by atoms with Crippen LogP contribution >= 0.6 is 11.3 Å². The molecule has 1 heterocycles. The molecule has 0 aromatic carbocycles. The third-order valence-corrected chi connectivity index (χ3v) is 6.06. The number of hydrogen-bond acceptors (Lipinski definition) is 3. The van der Waals surface area contributed by atoms with E-state index in [9.17, 15) is 0 Å². The van der Waals surface area contributed by atoms with E-state index in [0.29, 0.717) is 0 Å². The highest BCUT2D eigenvalue weighted by atomic mass is 32.1. The highest BCUT2D eigenvalue weighted by Crippen LogP contribution is 2.46. The minimum Gasteiger partial charge on any atom is -0.306 e. The van der Waals surface area contributed by atoms with Gasteiger partial charge in [-0.05, 0) is 81.1 Å². The van der Waals surface area contributed by atoms with Gasteiger partial charge in [0.1, 0.15) is 0 Å². The predicted molar refractivity (Wildman–Crippen MR) is 82.5 cm³/mol. The van der Waals surface area contributed by atoms with Crippen molar-refractivity contribution in [2.24, 2.45) is 11.8 Å². The molecule has 1 aromatic rings. The maximum Gasteiger partial charge on any atom is 0.0241 e. The van der Waals surface area contributed by atoms with E-state index in [2.05, 4.69) is 47.8 Å². The minimum absolute atomic E-state index is 0.818. The molecule has 2 saturated carbocycles. The van der Waals surface area contributed by atoms with Gasteiger partial charge >= 0.3 is 0 Å². The van der Waals surface area contributed by atoms with Gasteiger partial charge in [0.15, 0.2) is 0 Å². The third-order valence-electron chi connectivity index (χ3n) is 5.33. The second-order valence-corrected chi connectivity index (χ2v) is 7.56. The van der Waals surface area contributed by atoms with Crippen molar-refractivity contribution in [1.82, 2.24) is 9.80 Å². The summed E-state index contributed by atoms with van der Waals surface area (Å²) >= 11 is 1.81. The van der Waals surface area contributed by atoms with Crippen LogP contribution in [0.1, 0.15) is 31.2 Å². The Morgan fingerprint density at radius 3 is 2.21 bits per heavy atom. The summed E-state index contributed by atoms with van der Waals surface area (Å²) in [7, 11) is 6.80. The zero-order valence-corrected chi connectivity index (χ0v) is 13.2. The zero-order chi connectivity index (χ0) is 13.4. The largest absolute Gasteiger partial charge is 0.306 e. The smallest absolute Gasteiger partial charge is 0.0241 e. The van der Waals surface area contributed by atoms with E-state index >= 15 is 0 Å². The molecule has 3 heteroatoms. The van der Waals surface area contributed by atoms with Gasteiger partial charge < -0.3 is 4.90 Å². The first kappa shape index (κ1) is 13.6. The van der Waals surface area contributed by atoms with Gasteiger partial charge in [0.05, 0.1) is 0 Å². The van der Waals surface area contributed by atoms with Crippen LogP contribution in [0.2, 0.25) is 0 Å². The van der Waals surface area contributed by atoms with Crippen LogP contribution < -0.4 is 0 Å². The van der Waals surface area contributed by atoms with Crippen LogP contribution in [0.15, 0.2) is 16.8 Å². The standard InChI is InChI=1S/C16H26N2S/c1-17(2)15-6-13-8-16(9-14(13)7-15)18(3)10-12-4-5-19-11-12/h4-5,11,13-16H,6-10H2,1-3H3/t13-,14+,15?,16?. The summed E-state index contributed by atoms with van der Waals surface area (Å²) in [5.74, 6) is 1.98. The molecule has 0 saturated heterocycles. The van der Waals surface area contributed by atoms with Gasteiger partial charge in [-0.25, -0.2) is 0 Å². The molecule has 2 nitrogen and oxygen atoms in total. The second-order valence-electron chi connectivity index (χ2n) is 6.78. The zero-order valence-electron chi connectivity index (χ0n) is 12.4. The Kier molecular flexibility index (Phi) is 3.97. The SMILES string of the molecule is CN(C)C1C[C@@H]2CC(N(C)Cc3ccsc3)C[C@@H]2C1. The highest BCUT2D eigenvalue weighted by Gasteiger charge is 2.43. The molecular weight excluding hydrogens is 252 g/mol. The van der Waals surface area contributed by atoms with Gasteiger partial charge in [-0.2, -0.15) is 11.3 Å². The summed E-state index contributed by atoms with van der Waals surface area (Å²) in [5, 5.41) is 4.47. The van der Waals surface area contributed by atoms with Crippen molar-refractivity contribution >= 4 is 11.3 Å². The van der Waals surface area contributed by atoms with E-state index in [-0.39, 0.29) is 0 Å². The first-order valence-electron chi connectivity index (χ1n) is 7.51. The molecule has 106 valence electrons. The highest BCUT2D eigenvalue weighted by molar-refractivity contribution is 7.07. The summed E-state index contributed by atoms with van der Waals surface area (Å²) in [4.78, 5) is 5.02. The molecule has 0 spiro atoms. The average Bonchev–Trinajstić information content (AvgIpc) is 3.01. The maximum atomic E-state index is 2.59. The lowest BCUT2D eigenvalue weighted by Crippen LogP contribution is -2.31. The van der Waals surface area contributed by atoms with Crippen molar-refractivity contribution in [1.29, 1.82) is 0 Å². The van der Waals surface area contributed by atoms with Crippen LogP contribution in [0.5, 0.6) is 0 Å². The maximum absolute atomic E-state index is 2.59. The molecule has 4 atom stereocenters. The number of nitrogens with zero attached hydrogens (tertiary/aromatic N) is 2. The van der Waals surface area contributed by atoms with Crippen molar-refractivity contribution in [2.45, 2.75) is 44.3 Å². The Labute approximate surface area is 121 Å². The molecule has 2 fully saturated rings. The van der Waals surface area contributed by atoms with Gasteiger partial charge in [-0.15, -0.1) is 0 Å². The first-order chi connectivity index (χ1) is 9.13. The van der Waals surface area contributed by atoms with Crippen LogP contribution in [0, 0.1) is 11.8 Å². The molecule has 0 bridgehead atoms. The topological polar surface area (TPSA) is 6.48 Å². The number of hydrogen-bond donors (Lipinski definition) is 0. The molecule has 2 aliphatic carbocycles. The van der Waals surface area contributed by atoms with E-state index in [1.54, 1.807) is 0 Å². The summed E-state index contributed by atoms with van der Waals surface area (Å²) < 4.78 is 0. The average molecular weight is 278 g/mol. The van der Waals surface area contributed by atoms with Crippen molar-refractivity contribution < 1.29 is 0 Å². The van der Waals surface area contributed by atoms with Crippen molar-refractivity contribution in [3.05, 3.63) is 22.4 Å². The fraction of sp³-hybridized carbons (Fsp3) is 0.750. The first-order valence-corrected chi connectivity index (χ1v) is 8.45. The normalized spacial score (nSPS) is 34.4. The fourth-order valence-corrected chi connectivity index (χ4v) is 4.79. The van der Waals surface area contributed by atoms with Gasteiger partial charge in [-0.3, -0.25) is 4.90 Å². The van der Waals surface area contributed by atoms with Crippen LogP contribution in [0.3, 0.4) is 0 Å². The molecule has 19 heavy (non-hydrogen) atoms. The lowest BCUT2D eigenvalue weighted by Gasteiger charge is -2.26. The molecule has 0 amide bonds. The van der Waals surface area contributed by atoms with Crippen molar-refractivity contribution in [3.8, 4) is 0 Å². The summed E-state index contributed by atoms with van der Waals surface area (Å²) in [6.07, 6.45) is 5.71. The van der Waals surface area contributed by atoms with Gasteiger partial charge in [0, 0.05) is 18.6 Å². The Morgan fingerprint density at radius 2 is 1.68 bits per heavy atom. The van der Waals surface area contributed by atoms with Gasteiger partial charge in [-0.1, -0.05) is 0 Å². The Bertz CT molecular complexity index is 387. The van der Waals surface area contributed by atoms with E-state index < -0.39 is 0 Å². The lowest BCUT2D eigenvalue weighted by molar-refractivity contribution is 0.212. The number of rotatable bonds is 4. The van der Waals surface area contributed by atoms with Crippen LogP contribution in [-0.4, -0.2) is 43.0 Å². The molecular formula is C16H26N2S. The number of fused-ring (bicyclic) bond motifs is 1. The molecule has 0 N–H and O–H groups in total. The molecule has 3 rings (SSSR count). The number of thiophene rings is 1. The van der Waals surface area contributed by atoms with E-state index in [1.165, 1.54) is 31.2 Å². The van der Waals surface area contributed by atoms with Gasteiger partial charge in [0.2, 0.25) is 0 Å². The molecule has 1 aromatic heterocycles. The van der Waals surface area contributed by atoms with Crippen LogP contribution in [0.4, 0.5) is 0 Å². The van der Waals surface area contributed by atoms with Crippen molar-refractivity contribution in [2.75, 3.05) is 21.1 Å². The second kappa shape index (κ2) is 5.55. The monoisotopic (exact) mass is 278 g/mol. The van der Waals surface area contributed by atoms with E-state index in [0.717, 1.165) is 30.5 Å². The van der Waals surface area contributed by atoms with Crippen LogP contribution in [0.25, 0.3) is 0 Å². The molecule has 2 unspecified atom stereocenters. The summed E-state index contributed by atoms with van der Waals surface area (Å²) in [6, 6.07) is 3.93. The predicted octanol–water partition coefficient (Wildman–Crippen LogP) is 3.30. The Morgan fingerprint density at radius 1 is 1.05 bits per heavy atom. The lowest BCUT2D eigenvalue weighted by atomic mass is 10.0. The van der Waals surface area contributed by atoms with E-state index in [1.807, 2.05) is 11.3 Å². The molecule has 2 aliphatic rings. The van der Waals surface area contributed by atoms with E-state index in [4.69, 9.17) is 0 Å². The Balaban J connectivity index is 1.53. The third kappa shape index (κ3) is 2.88. The summed E-state index contributed by atoms with van der Waals surface area (Å²) in [5.41, 5.74) is 1.48. The van der Waals surface area contributed by atoms with Gasteiger partial charge in [0.25, 0.3) is 0 Å². The van der Waals surface area contributed by atoms with Crippen molar-refractivity contribution in [3.63, 3.8) is 0 Å². The quantitative estimate of drug-likeness (QED) is 0.834. The van der Waals surface area contributed by atoms with Crippen LogP contribution in [-0.2, 0) is 6.54 Å². The fourth-order valence-electron chi connectivity index (χ4n) is 4.13. The minimum atomic E-state index is 0.818. The molecule has 0 radical (unpaired) electrons. The Hall–Kier alpha value is -0.380. The molecule has 0 aliphatic heterocycles. The summed E-state index contributed by atoms with van der Waals surface area (Å²) in [6.45, 7) is 1.13.